The second-order valence-electron chi connectivity index (χ2n) is 5.93. The van der Waals surface area contributed by atoms with Crippen molar-refractivity contribution in [2.24, 2.45) is 0 Å². The average molecular weight is 350 g/mol. The van der Waals surface area contributed by atoms with Gasteiger partial charge < -0.3 is 15.0 Å². The van der Waals surface area contributed by atoms with E-state index in [-0.39, 0.29) is 24.2 Å². The zero-order valence-corrected chi connectivity index (χ0v) is 13.5. The van der Waals surface area contributed by atoms with Crippen molar-refractivity contribution in [1.82, 2.24) is 0 Å². The number of rotatable bonds is 4. The molecule has 0 radical (unpaired) electrons. The molecule has 2 aromatic rings. The van der Waals surface area contributed by atoms with Gasteiger partial charge in [0.1, 0.15) is 5.75 Å². The molecule has 1 atom stereocenters. The zero-order valence-electron chi connectivity index (χ0n) is 13.5. The standard InChI is InChI=1S/C18H17F3N2O2/c1-12-10-13-4-2-3-5-16(13)23(12)11-17(24)22-14-6-8-15(9-7-14)25-18(19,20)21/h2-9,12H,10-11H2,1H3,(H,22,24). The number of ether oxygens (including phenoxy) is 1. The Labute approximate surface area is 143 Å². The lowest BCUT2D eigenvalue weighted by Gasteiger charge is -2.24. The van der Waals surface area contributed by atoms with E-state index in [9.17, 15) is 18.0 Å². The smallest absolute Gasteiger partial charge is 0.406 e. The molecule has 1 N–H and O–H groups in total. The van der Waals surface area contributed by atoms with E-state index in [1.54, 1.807) is 0 Å². The molecule has 0 spiro atoms. The molecule has 0 saturated carbocycles. The van der Waals surface area contributed by atoms with E-state index in [1.807, 2.05) is 29.2 Å². The topological polar surface area (TPSA) is 41.6 Å². The van der Waals surface area contributed by atoms with Crippen molar-refractivity contribution in [2.75, 3.05) is 16.8 Å². The number of anilines is 2. The Hall–Kier alpha value is -2.70. The van der Waals surface area contributed by atoms with E-state index in [4.69, 9.17) is 0 Å². The van der Waals surface area contributed by atoms with Crippen molar-refractivity contribution < 1.29 is 22.7 Å². The first kappa shape index (κ1) is 17.1. The van der Waals surface area contributed by atoms with Gasteiger partial charge in [0.25, 0.3) is 0 Å². The third kappa shape index (κ3) is 4.23. The summed E-state index contributed by atoms with van der Waals surface area (Å²) >= 11 is 0. The molecule has 0 saturated heterocycles. The van der Waals surface area contributed by atoms with Gasteiger partial charge in [-0.2, -0.15) is 0 Å². The summed E-state index contributed by atoms with van der Waals surface area (Å²) < 4.78 is 40.2. The van der Waals surface area contributed by atoms with Crippen LogP contribution in [0.25, 0.3) is 0 Å². The number of halogens is 3. The number of fused-ring (bicyclic) bond motifs is 1. The number of nitrogens with one attached hydrogen (secondary N) is 1. The maximum atomic E-state index is 12.3. The third-order valence-corrected chi connectivity index (χ3v) is 4.03. The van der Waals surface area contributed by atoms with Crippen LogP contribution in [0.5, 0.6) is 5.75 Å². The molecule has 1 amide bonds. The van der Waals surface area contributed by atoms with Crippen molar-refractivity contribution in [2.45, 2.75) is 25.7 Å². The molecule has 0 fully saturated rings. The summed E-state index contributed by atoms with van der Waals surface area (Å²) in [5.41, 5.74) is 2.66. The number of nitrogens with zero attached hydrogens (tertiary/aromatic N) is 1. The summed E-state index contributed by atoms with van der Waals surface area (Å²) in [6.07, 6.45) is -3.85. The maximum Gasteiger partial charge on any atom is 0.573 e. The number of benzene rings is 2. The van der Waals surface area contributed by atoms with Gasteiger partial charge in [0.05, 0.1) is 6.54 Å². The molecular weight excluding hydrogens is 333 g/mol. The molecule has 7 heteroatoms. The highest BCUT2D eigenvalue weighted by atomic mass is 19.4. The van der Waals surface area contributed by atoms with Crippen LogP contribution in [0.15, 0.2) is 48.5 Å². The Balaban J connectivity index is 1.61. The second-order valence-corrected chi connectivity index (χ2v) is 5.93. The van der Waals surface area contributed by atoms with Crippen LogP contribution in [0, 0.1) is 0 Å². The fraction of sp³-hybridized carbons (Fsp3) is 0.278. The van der Waals surface area contributed by atoms with Gasteiger partial charge in [0.15, 0.2) is 0 Å². The van der Waals surface area contributed by atoms with Gasteiger partial charge in [0.2, 0.25) is 5.91 Å². The lowest BCUT2D eigenvalue weighted by atomic mass is 10.1. The molecule has 2 aromatic carbocycles. The number of amides is 1. The Kier molecular flexibility index (Phi) is 4.57. The van der Waals surface area contributed by atoms with Crippen LogP contribution < -0.4 is 15.0 Å². The fourth-order valence-electron chi connectivity index (χ4n) is 2.97. The largest absolute Gasteiger partial charge is 0.573 e. The minimum atomic E-state index is -4.73. The number of hydrogen-bond acceptors (Lipinski definition) is 3. The van der Waals surface area contributed by atoms with Crippen molar-refractivity contribution in [3.05, 3.63) is 54.1 Å². The van der Waals surface area contributed by atoms with E-state index < -0.39 is 6.36 Å². The summed E-state index contributed by atoms with van der Waals surface area (Å²) in [5, 5.41) is 2.69. The second kappa shape index (κ2) is 6.66. The van der Waals surface area contributed by atoms with Crippen LogP contribution in [-0.4, -0.2) is 24.9 Å². The highest BCUT2D eigenvalue weighted by Gasteiger charge is 2.31. The van der Waals surface area contributed by atoms with Crippen LogP contribution in [0.1, 0.15) is 12.5 Å². The number of alkyl halides is 3. The lowest BCUT2D eigenvalue weighted by molar-refractivity contribution is -0.274. The predicted octanol–water partition coefficient (Wildman–Crippen LogP) is 3.97. The lowest BCUT2D eigenvalue weighted by Crippen LogP contribution is -2.37. The minimum Gasteiger partial charge on any atom is -0.406 e. The Morgan fingerprint density at radius 3 is 2.56 bits per heavy atom. The quantitative estimate of drug-likeness (QED) is 0.907. The van der Waals surface area contributed by atoms with Crippen molar-refractivity contribution in [3.8, 4) is 5.75 Å². The molecule has 1 aliphatic rings. The molecule has 3 rings (SSSR count). The summed E-state index contributed by atoms with van der Waals surface area (Å²) in [4.78, 5) is 14.3. The maximum absolute atomic E-state index is 12.3. The number of hydrogen-bond donors (Lipinski definition) is 1. The van der Waals surface area contributed by atoms with E-state index >= 15 is 0 Å². The Morgan fingerprint density at radius 2 is 1.88 bits per heavy atom. The fourth-order valence-corrected chi connectivity index (χ4v) is 2.97. The average Bonchev–Trinajstić information content (AvgIpc) is 2.84. The molecule has 0 aromatic heterocycles. The van der Waals surface area contributed by atoms with E-state index in [1.165, 1.54) is 17.7 Å². The molecule has 132 valence electrons. The van der Waals surface area contributed by atoms with E-state index in [0.29, 0.717) is 5.69 Å². The van der Waals surface area contributed by atoms with E-state index in [0.717, 1.165) is 24.2 Å². The number of carbonyl (C=O) groups is 1. The first-order chi connectivity index (χ1) is 11.8. The zero-order chi connectivity index (χ0) is 18.0. The monoisotopic (exact) mass is 350 g/mol. The summed E-state index contributed by atoms with van der Waals surface area (Å²) in [7, 11) is 0. The van der Waals surface area contributed by atoms with Crippen LogP contribution >= 0.6 is 0 Å². The van der Waals surface area contributed by atoms with Crippen molar-refractivity contribution in [1.29, 1.82) is 0 Å². The first-order valence-electron chi connectivity index (χ1n) is 7.82. The highest BCUT2D eigenvalue weighted by molar-refractivity contribution is 5.94. The van der Waals surface area contributed by atoms with Crippen LogP contribution in [0.4, 0.5) is 24.5 Å². The first-order valence-corrected chi connectivity index (χ1v) is 7.82. The van der Waals surface area contributed by atoms with Gasteiger partial charge in [-0.05, 0) is 49.2 Å². The molecule has 4 nitrogen and oxygen atoms in total. The normalized spacial score (nSPS) is 16.5. The number of para-hydroxylation sites is 1. The molecular formula is C18H17F3N2O2. The SMILES string of the molecule is CC1Cc2ccccc2N1CC(=O)Nc1ccc(OC(F)(F)F)cc1. The van der Waals surface area contributed by atoms with Gasteiger partial charge in [0, 0.05) is 17.4 Å². The molecule has 0 bridgehead atoms. The highest BCUT2D eigenvalue weighted by Crippen LogP contribution is 2.31. The summed E-state index contributed by atoms with van der Waals surface area (Å²) in [5.74, 6) is -0.555. The number of carbonyl (C=O) groups excluding carboxylic acids is 1. The van der Waals surface area contributed by atoms with Crippen molar-refractivity contribution >= 4 is 17.3 Å². The molecule has 1 heterocycles. The van der Waals surface area contributed by atoms with Gasteiger partial charge >= 0.3 is 6.36 Å². The Bertz CT molecular complexity index is 760. The van der Waals surface area contributed by atoms with Gasteiger partial charge in [-0.25, -0.2) is 0 Å². The minimum absolute atomic E-state index is 0.180. The van der Waals surface area contributed by atoms with Crippen LogP contribution in [0.2, 0.25) is 0 Å². The third-order valence-electron chi connectivity index (χ3n) is 4.03. The van der Waals surface area contributed by atoms with Crippen LogP contribution in [-0.2, 0) is 11.2 Å². The van der Waals surface area contributed by atoms with Crippen molar-refractivity contribution in [3.63, 3.8) is 0 Å². The summed E-state index contributed by atoms with van der Waals surface area (Å²) in [6, 6.07) is 13.2. The van der Waals surface area contributed by atoms with Gasteiger partial charge in [-0.3, -0.25) is 4.79 Å². The van der Waals surface area contributed by atoms with Gasteiger partial charge in [-0.15, -0.1) is 13.2 Å². The summed E-state index contributed by atoms with van der Waals surface area (Å²) in [6.45, 7) is 2.23. The van der Waals surface area contributed by atoms with Gasteiger partial charge in [-0.1, -0.05) is 18.2 Å². The predicted molar refractivity (Wildman–Crippen MR) is 88.7 cm³/mol. The van der Waals surface area contributed by atoms with E-state index in [2.05, 4.69) is 17.0 Å². The Morgan fingerprint density at radius 1 is 1.20 bits per heavy atom. The van der Waals surface area contributed by atoms with Crippen LogP contribution in [0.3, 0.4) is 0 Å². The molecule has 25 heavy (non-hydrogen) atoms. The molecule has 1 aliphatic heterocycles. The molecule has 1 unspecified atom stereocenters. The molecule has 0 aliphatic carbocycles.